The van der Waals surface area contributed by atoms with Crippen LogP contribution in [0.3, 0.4) is 0 Å². The molecule has 0 aliphatic heterocycles. The number of aryl methyl sites for hydroxylation is 1. The highest BCUT2D eigenvalue weighted by atomic mass is 16.2. The third kappa shape index (κ3) is 3.88. The van der Waals surface area contributed by atoms with E-state index in [0.29, 0.717) is 6.42 Å². The van der Waals surface area contributed by atoms with Gasteiger partial charge in [-0.2, -0.15) is 0 Å². The van der Waals surface area contributed by atoms with Crippen molar-refractivity contribution in [2.45, 2.75) is 44.8 Å². The Morgan fingerprint density at radius 2 is 2.28 bits per heavy atom. The molecule has 1 aliphatic carbocycles. The molecule has 4 nitrogen and oxygen atoms in total. The molecule has 1 saturated carbocycles. The second kappa shape index (κ2) is 6.05. The average molecular weight is 249 g/mol. The van der Waals surface area contributed by atoms with Crippen LogP contribution in [0.4, 0.5) is 0 Å². The first kappa shape index (κ1) is 13.1. The number of hydrogen-bond donors (Lipinski definition) is 1. The summed E-state index contributed by atoms with van der Waals surface area (Å²) in [5.41, 5.74) is 1.32. The number of nitrogens with zero attached hydrogens (tertiary/aromatic N) is 2. The number of amides is 1. The van der Waals surface area contributed by atoms with E-state index in [1.807, 2.05) is 14.1 Å². The SMILES string of the molecule is CN(C)C(=O)CCCn1cccc1CNC1CC1. The van der Waals surface area contributed by atoms with Gasteiger partial charge in [-0.3, -0.25) is 4.79 Å². The van der Waals surface area contributed by atoms with E-state index in [-0.39, 0.29) is 5.91 Å². The number of rotatable bonds is 7. The van der Waals surface area contributed by atoms with Gasteiger partial charge in [-0.25, -0.2) is 0 Å². The lowest BCUT2D eigenvalue weighted by molar-refractivity contribution is -0.128. The summed E-state index contributed by atoms with van der Waals surface area (Å²) in [6, 6.07) is 4.98. The lowest BCUT2D eigenvalue weighted by Crippen LogP contribution is -2.22. The van der Waals surface area contributed by atoms with Crippen LogP contribution in [-0.4, -0.2) is 35.5 Å². The third-order valence-electron chi connectivity index (χ3n) is 3.36. The van der Waals surface area contributed by atoms with Gasteiger partial charge < -0.3 is 14.8 Å². The Hall–Kier alpha value is -1.29. The predicted octanol–water partition coefficient (Wildman–Crippen LogP) is 1.61. The maximum Gasteiger partial charge on any atom is 0.222 e. The normalized spacial score (nSPS) is 14.8. The van der Waals surface area contributed by atoms with Crippen LogP contribution >= 0.6 is 0 Å². The second-order valence-electron chi connectivity index (χ2n) is 5.24. The molecule has 0 saturated heterocycles. The lowest BCUT2D eigenvalue weighted by atomic mass is 10.3. The zero-order valence-corrected chi connectivity index (χ0v) is 11.4. The molecule has 100 valence electrons. The third-order valence-corrected chi connectivity index (χ3v) is 3.36. The Kier molecular flexibility index (Phi) is 4.42. The molecule has 0 aromatic carbocycles. The lowest BCUT2D eigenvalue weighted by Gasteiger charge is -2.12. The van der Waals surface area contributed by atoms with Crippen molar-refractivity contribution in [2.24, 2.45) is 0 Å². The van der Waals surface area contributed by atoms with E-state index in [4.69, 9.17) is 0 Å². The second-order valence-corrected chi connectivity index (χ2v) is 5.24. The van der Waals surface area contributed by atoms with Gasteiger partial charge in [0.2, 0.25) is 5.91 Å². The summed E-state index contributed by atoms with van der Waals surface area (Å²) in [5.74, 6) is 0.208. The highest BCUT2D eigenvalue weighted by Gasteiger charge is 2.20. The van der Waals surface area contributed by atoms with Gasteiger partial charge in [0.1, 0.15) is 0 Å². The van der Waals surface area contributed by atoms with Crippen molar-refractivity contribution in [3.8, 4) is 0 Å². The molecule has 0 radical (unpaired) electrons. The molecule has 0 atom stereocenters. The molecule has 1 aromatic rings. The van der Waals surface area contributed by atoms with Crippen LogP contribution in [0.25, 0.3) is 0 Å². The largest absolute Gasteiger partial charge is 0.350 e. The van der Waals surface area contributed by atoms with E-state index >= 15 is 0 Å². The van der Waals surface area contributed by atoms with E-state index < -0.39 is 0 Å². The fourth-order valence-electron chi connectivity index (χ4n) is 1.99. The molecule has 18 heavy (non-hydrogen) atoms. The number of nitrogens with one attached hydrogen (secondary N) is 1. The highest BCUT2D eigenvalue weighted by Crippen LogP contribution is 2.19. The minimum Gasteiger partial charge on any atom is -0.350 e. The molecule has 1 aliphatic rings. The highest BCUT2D eigenvalue weighted by molar-refractivity contribution is 5.75. The molecular formula is C14H23N3O. The van der Waals surface area contributed by atoms with Crippen LogP contribution in [0.5, 0.6) is 0 Å². The van der Waals surface area contributed by atoms with E-state index in [9.17, 15) is 4.79 Å². The molecule has 2 rings (SSSR count). The van der Waals surface area contributed by atoms with Gasteiger partial charge in [-0.1, -0.05) is 0 Å². The molecule has 0 spiro atoms. The van der Waals surface area contributed by atoms with Crippen molar-refractivity contribution < 1.29 is 4.79 Å². The van der Waals surface area contributed by atoms with Crippen LogP contribution in [0.2, 0.25) is 0 Å². The summed E-state index contributed by atoms with van der Waals surface area (Å²) in [4.78, 5) is 13.1. The minimum atomic E-state index is 0.208. The Bertz CT molecular complexity index is 393. The van der Waals surface area contributed by atoms with Crippen molar-refractivity contribution in [1.82, 2.24) is 14.8 Å². The standard InChI is InChI=1S/C14H23N3O/c1-16(2)14(18)6-4-10-17-9-3-5-13(17)11-15-12-7-8-12/h3,5,9,12,15H,4,6-8,10-11H2,1-2H3. The Morgan fingerprint density at radius 3 is 2.94 bits per heavy atom. The van der Waals surface area contributed by atoms with Gasteiger partial charge in [-0.05, 0) is 31.4 Å². The summed E-state index contributed by atoms with van der Waals surface area (Å²) >= 11 is 0. The van der Waals surface area contributed by atoms with Gasteiger partial charge in [-0.15, -0.1) is 0 Å². The van der Waals surface area contributed by atoms with Crippen LogP contribution < -0.4 is 5.32 Å². The summed E-state index contributed by atoms with van der Waals surface area (Å²) in [6.07, 6.45) is 6.27. The van der Waals surface area contributed by atoms with E-state index in [1.54, 1.807) is 4.90 Å². The van der Waals surface area contributed by atoms with E-state index in [2.05, 4.69) is 28.2 Å². The molecule has 1 amide bonds. The first-order valence-electron chi connectivity index (χ1n) is 6.74. The van der Waals surface area contributed by atoms with Crippen LogP contribution in [0.15, 0.2) is 18.3 Å². The average Bonchev–Trinajstić information content (AvgIpc) is 3.06. The van der Waals surface area contributed by atoms with Crippen LogP contribution in [0.1, 0.15) is 31.4 Å². The van der Waals surface area contributed by atoms with Crippen molar-refractivity contribution in [2.75, 3.05) is 14.1 Å². The van der Waals surface area contributed by atoms with Crippen LogP contribution in [-0.2, 0) is 17.9 Å². The molecule has 4 heteroatoms. The summed E-state index contributed by atoms with van der Waals surface area (Å²) in [5, 5.41) is 3.52. The van der Waals surface area contributed by atoms with Crippen molar-refractivity contribution in [1.29, 1.82) is 0 Å². The number of aromatic nitrogens is 1. The van der Waals surface area contributed by atoms with E-state index in [1.165, 1.54) is 18.5 Å². The Balaban J connectivity index is 1.74. The van der Waals surface area contributed by atoms with E-state index in [0.717, 1.165) is 25.6 Å². The topological polar surface area (TPSA) is 37.3 Å². The van der Waals surface area contributed by atoms with Crippen molar-refractivity contribution in [3.05, 3.63) is 24.0 Å². The summed E-state index contributed by atoms with van der Waals surface area (Å²) in [7, 11) is 3.62. The van der Waals surface area contributed by atoms with Crippen molar-refractivity contribution in [3.63, 3.8) is 0 Å². The zero-order valence-electron chi connectivity index (χ0n) is 11.4. The van der Waals surface area contributed by atoms with Gasteiger partial charge >= 0.3 is 0 Å². The van der Waals surface area contributed by atoms with Gasteiger partial charge in [0.05, 0.1) is 0 Å². The molecule has 1 heterocycles. The van der Waals surface area contributed by atoms with Gasteiger partial charge in [0, 0.05) is 51.5 Å². The first-order valence-corrected chi connectivity index (χ1v) is 6.74. The molecular weight excluding hydrogens is 226 g/mol. The molecule has 1 N–H and O–H groups in total. The Labute approximate surface area is 109 Å². The maximum atomic E-state index is 11.5. The Morgan fingerprint density at radius 1 is 1.50 bits per heavy atom. The predicted molar refractivity (Wildman–Crippen MR) is 72.2 cm³/mol. The number of carbonyl (C=O) groups is 1. The minimum absolute atomic E-state index is 0.208. The number of hydrogen-bond acceptors (Lipinski definition) is 2. The van der Waals surface area contributed by atoms with Crippen molar-refractivity contribution >= 4 is 5.91 Å². The summed E-state index contributed by atoms with van der Waals surface area (Å²) < 4.78 is 2.25. The fourth-order valence-corrected chi connectivity index (χ4v) is 1.99. The smallest absolute Gasteiger partial charge is 0.222 e. The summed E-state index contributed by atoms with van der Waals surface area (Å²) in [6.45, 7) is 1.87. The van der Waals surface area contributed by atoms with Gasteiger partial charge in [0.25, 0.3) is 0 Å². The molecule has 1 aromatic heterocycles. The molecule has 1 fully saturated rings. The number of carbonyl (C=O) groups excluding carboxylic acids is 1. The monoisotopic (exact) mass is 249 g/mol. The van der Waals surface area contributed by atoms with Gasteiger partial charge in [0.15, 0.2) is 0 Å². The molecule has 0 bridgehead atoms. The fraction of sp³-hybridized carbons (Fsp3) is 0.643. The molecule has 0 unspecified atom stereocenters. The first-order chi connectivity index (χ1) is 8.66. The zero-order chi connectivity index (χ0) is 13.0. The maximum absolute atomic E-state index is 11.5. The van der Waals surface area contributed by atoms with Crippen LogP contribution in [0, 0.1) is 0 Å². The quantitative estimate of drug-likeness (QED) is 0.797.